The molecule has 2 aromatic carbocycles. The van der Waals surface area contributed by atoms with Crippen molar-refractivity contribution in [1.82, 2.24) is 4.98 Å². The van der Waals surface area contributed by atoms with Gasteiger partial charge in [-0.25, -0.2) is 4.98 Å². The number of anilines is 1. The molecule has 1 N–H and O–H groups in total. The number of benzene rings is 2. The van der Waals surface area contributed by atoms with Crippen molar-refractivity contribution >= 4 is 40.1 Å². The number of rotatable bonds is 6. The van der Waals surface area contributed by atoms with Crippen LogP contribution in [-0.2, 0) is 4.79 Å². The van der Waals surface area contributed by atoms with Crippen molar-refractivity contribution in [3.63, 3.8) is 0 Å². The van der Waals surface area contributed by atoms with Crippen LogP contribution in [0.5, 0.6) is 0 Å². The molecule has 5 heteroatoms. The lowest BCUT2D eigenvalue weighted by atomic mass is 10.1. The van der Waals surface area contributed by atoms with Crippen LogP contribution in [0.4, 0.5) is 5.00 Å². The van der Waals surface area contributed by atoms with Crippen molar-refractivity contribution in [2.45, 2.75) is 11.3 Å². The zero-order chi connectivity index (χ0) is 17.5. The SMILES string of the molecule is CCSc1nc(-c2ccccc2)c(NC(=O)/C=C\c2ccccc2)s1. The fourth-order valence-corrected chi connectivity index (χ4v) is 4.22. The van der Waals surface area contributed by atoms with Crippen LogP contribution in [0, 0.1) is 0 Å². The van der Waals surface area contributed by atoms with Gasteiger partial charge in [0.1, 0.15) is 10.7 Å². The molecule has 0 aliphatic rings. The van der Waals surface area contributed by atoms with Crippen molar-refractivity contribution in [2.75, 3.05) is 11.1 Å². The molecule has 126 valence electrons. The Morgan fingerprint density at radius 1 is 1.12 bits per heavy atom. The van der Waals surface area contributed by atoms with E-state index in [0.29, 0.717) is 0 Å². The Morgan fingerprint density at radius 2 is 1.80 bits per heavy atom. The van der Waals surface area contributed by atoms with Crippen LogP contribution in [-0.4, -0.2) is 16.6 Å². The quantitative estimate of drug-likeness (QED) is 0.458. The second-order valence-corrected chi connectivity index (χ2v) is 7.70. The fraction of sp³-hybridized carbons (Fsp3) is 0.100. The Labute approximate surface area is 155 Å². The molecule has 0 saturated carbocycles. The third-order valence-electron chi connectivity index (χ3n) is 3.39. The van der Waals surface area contributed by atoms with Gasteiger partial charge in [-0.05, 0) is 17.4 Å². The van der Waals surface area contributed by atoms with Gasteiger partial charge in [-0.2, -0.15) is 0 Å². The summed E-state index contributed by atoms with van der Waals surface area (Å²) in [6, 6.07) is 19.7. The van der Waals surface area contributed by atoms with E-state index >= 15 is 0 Å². The largest absolute Gasteiger partial charge is 0.312 e. The molecule has 1 aromatic heterocycles. The van der Waals surface area contributed by atoms with Gasteiger partial charge in [0, 0.05) is 11.6 Å². The normalized spacial score (nSPS) is 10.9. The molecule has 0 aliphatic carbocycles. The molecular formula is C20H18N2OS2. The van der Waals surface area contributed by atoms with Gasteiger partial charge < -0.3 is 5.32 Å². The van der Waals surface area contributed by atoms with Gasteiger partial charge in [0.2, 0.25) is 5.91 Å². The lowest BCUT2D eigenvalue weighted by Gasteiger charge is -2.02. The van der Waals surface area contributed by atoms with Gasteiger partial charge in [0.15, 0.2) is 4.34 Å². The van der Waals surface area contributed by atoms with Crippen molar-refractivity contribution < 1.29 is 4.79 Å². The Hall–Kier alpha value is -2.37. The molecule has 25 heavy (non-hydrogen) atoms. The van der Waals surface area contributed by atoms with Gasteiger partial charge in [-0.1, -0.05) is 90.7 Å². The summed E-state index contributed by atoms with van der Waals surface area (Å²) < 4.78 is 0.962. The smallest absolute Gasteiger partial charge is 0.249 e. The molecule has 1 heterocycles. The van der Waals surface area contributed by atoms with E-state index in [1.54, 1.807) is 23.9 Å². The summed E-state index contributed by atoms with van der Waals surface area (Å²) in [6.07, 6.45) is 3.36. The summed E-state index contributed by atoms with van der Waals surface area (Å²) in [5.74, 6) is 0.793. The first-order valence-corrected chi connectivity index (χ1v) is 9.79. The molecule has 0 radical (unpaired) electrons. The number of thiazole rings is 1. The summed E-state index contributed by atoms with van der Waals surface area (Å²) in [5.41, 5.74) is 2.82. The van der Waals surface area contributed by atoms with Crippen molar-refractivity contribution in [2.24, 2.45) is 0 Å². The minimum absolute atomic E-state index is 0.155. The van der Waals surface area contributed by atoms with E-state index in [0.717, 1.165) is 31.9 Å². The summed E-state index contributed by atoms with van der Waals surface area (Å²) in [5, 5.41) is 3.76. The van der Waals surface area contributed by atoms with Gasteiger partial charge >= 0.3 is 0 Å². The lowest BCUT2D eigenvalue weighted by Crippen LogP contribution is -2.07. The Kier molecular flexibility index (Phi) is 6.04. The molecule has 3 rings (SSSR count). The standard InChI is InChI=1S/C20H18N2OS2/c1-2-24-20-22-18(16-11-7-4-8-12-16)19(25-20)21-17(23)14-13-15-9-5-3-6-10-15/h3-14H,2H2,1H3,(H,21,23)/b14-13-. The molecule has 0 spiro atoms. The van der Waals surface area contributed by atoms with E-state index < -0.39 is 0 Å². The molecule has 1 amide bonds. The Morgan fingerprint density at radius 3 is 2.48 bits per heavy atom. The summed E-state index contributed by atoms with van der Waals surface area (Å²) in [7, 11) is 0. The highest BCUT2D eigenvalue weighted by Gasteiger charge is 2.14. The molecule has 0 saturated heterocycles. The maximum absolute atomic E-state index is 12.3. The number of nitrogens with one attached hydrogen (secondary N) is 1. The first-order valence-electron chi connectivity index (χ1n) is 7.99. The highest BCUT2D eigenvalue weighted by molar-refractivity contribution is 8.01. The van der Waals surface area contributed by atoms with Crippen LogP contribution in [0.1, 0.15) is 12.5 Å². The highest BCUT2D eigenvalue weighted by atomic mass is 32.2. The van der Waals surface area contributed by atoms with Crippen LogP contribution in [0.2, 0.25) is 0 Å². The van der Waals surface area contributed by atoms with E-state index in [-0.39, 0.29) is 5.91 Å². The molecule has 0 unspecified atom stereocenters. The number of hydrogen-bond acceptors (Lipinski definition) is 4. The van der Waals surface area contributed by atoms with Crippen LogP contribution >= 0.6 is 23.1 Å². The van der Waals surface area contributed by atoms with E-state index in [1.165, 1.54) is 11.3 Å². The average molecular weight is 367 g/mol. The molecular weight excluding hydrogens is 348 g/mol. The first-order chi connectivity index (χ1) is 12.3. The molecule has 0 atom stereocenters. The van der Waals surface area contributed by atoms with Crippen LogP contribution < -0.4 is 5.32 Å². The van der Waals surface area contributed by atoms with E-state index in [2.05, 4.69) is 17.2 Å². The predicted molar refractivity (Wildman–Crippen MR) is 108 cm³/mol. The van der Waals surface area contributed by atoms with Crippen LogP contribution in [0.15, 0.2) is 71.1 Å². The minimum atomic E-state index is -0.155. The van der Waals surface area contributed by atoms with Gasteiger partial charge in [0.05, 0.1) is 0 Å². The van der Waals surface area contributed by atoms with Crippen molar-refractivity contribution in [3.05, 3.63) is 72.3 Å². The molecule has 0 aliphatic heterocycles. The number of amides is 1. The molecule has 3 aromatic rings. The minimum Gasteiger partial charge on any atom is -0.312 e. The highest BCUT2D eigenvalue weighted by Crippen LogP contribution is 2.37. The number of thioether (sulfide) groups is 1. The first kappa shape index (κ1) is 17.5. The number of nitrogens with zero attached hydrogens (tertiary/aromatic N) is 1. The van der Waals surface area contributed by atoms with E-state index in [1.807, 2.05) is 60.7 Å². The third-order valence-corrected chi connectivity index (χ3v) is 5.38. The average Bonchev–Trinajstić information content (AvgIpc) is 3.04. The van der Waals surface area contributed by atoms with Crippen LogP contribution in [0.25, 0.3) is 17.3 Å². The number of carbonyl (C=O) groups is 1. The van der Waals surface area contributed by atoms with Crippen molar-refractivity contribution in [1.29, 1.82) is 0 Å². The summed E-state index contributed by atoms with van der Waals surface area (Å²) in [4.78, 5) is 17.0. The maximum atomic E-state index is 12.3. The molecule has 3 nitrogen and oxygen atoms in total. The summed E-state index contributed by atoms with van der Waals surface area (Å²) >= 11 is 3.20. The van der Waals surface area contributed by atoms with Crippen LogP contribution in [0.3, 0.4) is 0 Å². The fourth-order valence-electron chi connectivity index (χ4n) is 2.25. The zero-order valence-corrected chi connectivity index (χ0v) is 15.4. The Balaban J connectivity index is 1.81. The topological polar surface area (TPSA) is 42.0 Å². The van der Waals surface area contributed by atoms with E-state index in [9.17, 15) is 4.79 Å². The monoisotopic (exact) mass is 366 g/mol. The van der Waals surface area contributed by atoms with E-state index in [4.69, 9.17) is 0 Å². The third kappa shape index (κ3) is 4.81. The lowest BCUT2D eigenvalue weighted by molar-refractivity contribution is -0.111. The maximum Gasteiger partial charge on any atom is 0.249 e. The van der Waals surface area contributed by atoms with Gasteiger partial charge in [-0.15, -0.1) is 0 Å². The number of aromatic nitrogens is 1. The number of carbonyl (C=O) groups excluding carboxylic acids is 1. The van der Waals surface area contributed by atoms with Crippen molar-refractivity contribution in [3.8, 4) is 11.3 Å². The molecule has 0 fully saturated rings. The van der Waals surface area contributed by atoms with Gasteiger partial charge in [0.25, 0.3) is 0 Å². The second kappa shape index (κ2) is 8.65. The Bertz CT molecular complexity index is 858. The second-order valence-electron chi connectivity index (χ2n) is 5.19. The number of hydrogen-bond donors (Lipinski definition) is 1. The predicted octanol–water partition coefficient (Wildman–Crippen LogP) is 5.57. The summed E-state index contributed by atoms with van der Waals surface area (Å²) in [6.45, 7) is 2.09. The zero-order valence-electron chi connectivity index (χ0n) is 13.8. The molecule has 0 bridgehead atoms. The van der Waals surface area contributed by atoms with Gasteiger partial charge in [-0.3, -0.25) is 4.79 Å².